The molecule has 0 aliphatic rings. The van der Waals surface area contributed by atoms with Gasteiger partial charge in [-0.15, -0.1) is 16.8 Å². The molecule has 5 N–H and O–H groups in total. The Labute approximate surface area is 199 Å². The van der Waals surface area contributed by atoms with Crippen molar-refractivity contribution in [2.45, 2.75) is 83.0 Å². The van der Waals surface area contributed by atoms with Gasteiger partial charge in [-0.05, 0) is 37.1 Å². The second kappa shape index (κ2) is 17.5. The third-order valence-corrected chi connectivity index (χ3v) is 5.96. The zero-order valence-corrected chi connectivity index (χ0v) is 21.0. The molecule has 0 spiro atoms. The molecular formula is C22H40ClN5O3S. The quantitative estimate of drug-likeness (QED) is 0.191. The SMILES string of the molecule is CCCCCCCCCCN=C(N)N/C(N)=N/S(=O)(=O)c1ccc(OCCCC)cc1.Cl. The fourth-order valence-corrected chi connectivity index (χ4v) is 3.75. The van der Waals surface area contributed by atoms with Crippen molar-refractivity contribution in [2.75, 3.05) is 13.2 Å². The Morgan fingerprint density at radius 3 is 2.03 bits per heavy atom. The molecule has 0 saturated carbocycles. The topological polar surface area (TPSA) is 132 Å². The maximum Gasteiger partial charge on any atom is 0.285 e. The fourth-order valence-electron chi connectivity index (χ4n) is 2.86. The van der Waals surface area contributed by atoms with Crippen LogP contribution in [0.3, 0.4) is 0 Å². The van der Waals surface area contributed by atoms with Crippen molar-refractivity contribution in [1.29, 1.82) is 0 Å². The third kappa shape index (κ3) is 13.4. The number of benzene rings is 1. The molecule has 184 valence electrons. The van der Waals surface area contributed by atoms with Gasteiger partial charge in [0.25, 0.3) is 10.0 Å². The van der Waals surface area contributed by atoms with E-state index in [4.69, 9.17) is 16.2 Å². The van der Waals surface area contributed by atoms with Crippen LogP contribution in [0.25, 0.3) is 0 Å². The van der Waals surface area contributed by atoms with E-state index >= 15 is 0 Å². The van der Waals surface area contributed by atoms with Gasteiger partial charge in [0, 0.05) is 6.54 Å². The first kappa shape index (κ1) is 30.0. The second-order valence-corrected chi connectivity index (χ2v) is 9.10. The smallest absolute Gasteiger partial charge is 0.285 e. The first-order chi connectivity index (χ1) is 14.9. The molecule has 0 aromatic heterocycles. The first-order valence-corrected chi connectivity index (χ1v) is 12.7. The standard InChI is InChI=1S/C22H39N5O3S.ClH/c1-3-5-7-8-9-10-11-12-17-25-21(23)26-22(24)27-31(28,29)20-15-13-19(14-16-20)30-18-6-4-2;/h13-16H,3-12,17-18H2,1-2H3,(H5,23,24,25,26,27);1H. The molecule has 32 heavy (non-hydrogen) atoms. The number of nitrogens with zero attached hydrogens (tertiary/aromatic N) is 2. The summed E-state index contributed by atoms with van der Waals surface area (Å²) in [5.74, 6) is 0.347. The molecule has 0 fully saturated rings. The molecule has 0 heterocycles. The van der Waals surface area contributed by atoms with Crippen molar-refractivity contribution >= 4 is 34.3 Å². The lowest BCUT2D eigenvalue weighted by molar-refractivity contribution is 0.309. The van der Waals surface area contributed by atoms with Crippen LogP contribution in [0.15, 0.2) is 38.6 Å². The van der Waals surface area contributed by atoms with Gasteiger partial charge in [-0.3, -0.25) is 10.3 Å². The lowest BCUT2D eigenvalue weighted by atomic mass is 10.1. The van der Waals surface area contributed by atoms with Crippen LogP contribution in [0, 0.1) is 0 Å². The number of aliphatic imine (C=N–C) groups is 1. The lowest BCUT2D eigenvalue weighted by Gasteiger charge is -2.07. The summed E-state index contributed by atoms with van der Waals surface area (Å²) in [7, 11) is -3.96. The Kier molecular flexibility index (Phi) is 16.4. The average molecular weight is 490 g/mol. The highest BCUT2D eigenvalue weighted by Crippen LogP contribution is 2.18. The molecule has 1 rings (SSSR count). The molecule has 1 aromatic carbocycles. The third-order valence-electron chi connectivity index (χ3n) is 4.66. The van der Waals surface area contributed by atoms with Gasteiger partial charge in [-0.25, -0.2) is 0 Å². The molecule has 0 aliphatic heterocycles. The maximum atomic E-state index is 12.4. The molecule has 0 amide bonds. The predicted octanol–water partition coefficient (Wildman–Crippen LogP) is 4.34. The number of nitrogens with two attached hydrogens (primary N) is 2. The molecule has 0 atom stereocenters. The number of hydrogen-bond acceptors (Lipinski definition) is 4. The van der Waals surface area contributed by atoms with Crippen molar-refractivity contribution in [1.82, 2.24) is 5.32 Å². The summed E-state index contributed by atoms with van der Waals surface area (Å²) in [6.07, 6.45) is 11.6. The summed E-state index contributed by atoms with van der Waals surface area (Å²) < 4.78 is 33.9. The Bertz CT molecular complexity index is 783. The zero-order valence-electron chi connectivity index (χ0n) is 19.4. The lowest BCUT2D eigenvalue weighted by Crippen LogP contribution is -2.42. The van der Waals surface area contributed by atoms with Crippen LogP contribution in [-0.4, -0.2) is 33.5 Å². The predicted molar refractivity (Wildman–Crippen MR) is 135 cm³/mol. The van der Waals surface area contributed by atoms with Crippen molar-refractivity contribution in [3.63, 3.8) is 0 Å². The minimum absolute atomic E-state index is 0. The number of hydrogen-bond donors (Lipinski definition) is 3. The minimum Gasteiger partial charge on any atom is -0.494 e. The highest BCUT2D eigenvalue weighted by molar-refractivity contribution is 7.90. The largest absolute Gasteiger partial charge is 0.494 e. The van der Waals surface area contributed by atoms with Crippen LogP contribution >= 0.6 is 12.4 Å². The summed E-state index contributed by atoms with van der Waals surface area (Å²) in [6.45, 7) is 5.44. The van der Waals surface area contributed by atoms with Crippen molar-refractivity contribution in [3.05, 3.63) is 24.3 Å². The van der Waals surface area contributed by atoms with Crippen LogP contribution in [0.5, 0.6) is 5.75 Å². The van der Waals surface area contributed by atoms with Gasteiger partial charge in [-0.2, -0.15) is 8.42 Å². The monoisotopic (exact) mass is 489 g/mol. The molecule has 0 saturated heterocycles. The molecule has 0 aliphatic carbocycles. The van der Waals surface area contributed by atoms with E-state index in [1.54, 1.807) is 12.1 Å². The Morgan fingerprint density at radius 2 is 1.44 bits per heavy atom. The summed E-state index contributed by atoms with van der Waals surface area (Å²) in [6, 6.07) is 6.07. The average Bonchev–Trinajstić information content (AvgIpc) is 2.72. The number of ether oxygens (including phenoxy) is 1. The zero-order chi connectivity index (χ0) is 23.0. The van der Waals surface area contributed by atoms with Crippen molar-refractivity contribution < 1.29 is 13.2 Å². The molecule has 0 radical (unpaired) electrons. The van der Waals surface area contributed by atoms with E-state index in [1.165, 1.54) is 50.7 Å². The van der Waals surface area contributed by atoms with Crippen LogP contribution in [-0.2, 0) is 10.0 Å². The van der Waals surface area contributed by atoms with E-state index in [1.807, 2.05) is 0 Å². The van der Waals surface area contributed by atoms with Crippen molar-refractivity contribution in [2.24, 2.45) is 20.9 Å². The van der Waals surface area contributed by atoms with Gasteiger partial charge in [0.05, 0.1) is 11.5 Å². The van der Waals surface area contributed by atoms with Crippen LogP contribution < -0.4 is 21.5 Å². The van der Waals surface area contributed by atoms with E-state index in [0.29, 0.717) is 18.9 Å². The van der Waals surface area contributed by atoms with Gasteiger partial charge in [-0.1, -0.05) is 65.2 Å². The molecule has 1 aromatic rings. The van der Waals surface area contributed by atoms with Gasteiger partial charge in [0.2, 0.25) is 5.96 Å². The fraction of sp³-hybridized carbons (Fsp3) is 0.636. The summed E-state index contributed by atoms with van der Waals surface area (Å²) in [5, 5.41) is 2.53. The van der Waals surface area contributed by atoms with Crippen LogP contribution in [0.2, 0.25) is 0 Å². The highest BCUT2D eigenvalue weighted by atomic mass is 35.5. The summed E-state index contributed by atoms with van der Waals surface area (Å²) >= 11 is 0. The van der Waals surface area contributed by atoms with E-state index in [2.05, 4.69) is 28.6 Å². The van der Waals surface area contributed by atoms with E-state index in [-0.39, 0.29) is 29.2 Å². The van der Waals surface area contributed by atoms with Gasteiger partial charge < -0.3 is 16.2 Å². The normalized spacial score (nSPS) is 12.3. The molecule has 0 unspecified atom stereocenters. The summed E-state index contributed by atoms with van der Waals surface area (Å²) in [5.41, 5.74) is 11.5. The Morgan fingerprint density at radius 1 is 0.875 bits per heavy atom. The number of halogens is 1. The number of unbranched alkanes of at least 4 members (excludes halogenated alkanes) is 8. The number of sulfonamides is 1. The highest BCUT2D eigenvalue weighted by Gasteiger charge is 2.14. The second-order valence-electron chi connectivity index (χ2n) is 7.49. The summed E-state index contributed by atoms with van der Waals surface area (Å²) in [4.78, 5) is 4.20. The first-order valence-electron chi connectivity index (χ1n) is 11.3. The van der Waals surface area contributed by atoms with Crippen LogP contribution in [0.1, 0.15) is 78.1 Å². The van der Waals surface area contributed by atoms with E-state index in [0.717, 1.165) is 25.7 Å². The maximum absolute atomic E-state index is 12.4. The van der Waals surface area contributed by atoms with E-state index < -0.39 is 10.0 Å². The number of nitrogens with one attached hydrogen (secondary N) is 1. The van der Waals surface area contributed by atoms with Gasteiger partial charge in [0.15, 0.2) is 5.96 Å². The van der Waals surface area contributed by atoms with Crippen molar-refractivity contribution in [3.8, 4) is 5.75 Å². The Balaban J connectivity index is 0.00000961. The Hall–Kier alpha value is -2.00. The number of guanidine groups is 2. The van der Waals surface area contributed by atoms with E-state index in [9.17, 15) is 8.42 Å². The molecule has 8 nitrogen and oxygen atoms in total. The molecule has 0 bridgehead atoms. The van der Waals surface area contributed by atoms with Crippen LogP contribution in [0.4, 0.5) is 0 Å². The van der Waals surface area contributed by atoms with Gasteiger partial charge in [0.1, 0.15) is 5.75 Å². The number of rotatable bonds is 15. The minimum atomic E-state index is -3.96. The molecular weight excluding hydrogens is 450 g/mol. The molecule has 10 heteroatoms. The van der Waals surface area contributed by atoms with Gasteiger partial charge >= 0.3 is 0 Å².